The number of hydrogen-bond acceptors (Lipinski definition) is 3. The Morgan fingerprint density at radius 3 is 2.62 bits per heavy atom. The van der Waals surface area contributed by atoms with Crippen LogP contribution in [0.4, 0.5) is 0 Å². The third-order valence-corrected chi connectivity index (χ3v) is 3.16. The summed E-state index contributed by atoms with van der Waals surface area (Å²) in [6.07, 6.45) is 1.79. The van der Waals surface area contributed by atoms with Crippen LogP contribution in [0.25, 0.3) is 0 Å². The summed E-state index contributed by atoms with van der Waals surface area (Å²) in [6.45, 7) is 2.99. The van der Waals surface area contributed by atoms with Crippen molar-refractivity contribution in [3.05, 3.63) is 0 Å². The van der Waals surface area contributed by atoms with Crippen molar-refractivity contribution in [1.82, 2.24) is 10.2 Å². The van der Waals surface area contributed by atoms with Gasteiger partial charge in [-0.2, -0.15) is 0 Å². The molecule has 0 aromatic heterocycles. The standard InChI is InChI=1S/C11H20N2O3/c1-8(14)13-6-9(3-4-11(15)16)5-10(7-13)12-2/h9-10,12H,3-7H2,1-2H3,(H,15,16). The minimum Gasteiger partial charge on any atom is -0.481 e. The van der Waals surface area contributed by atoms with Crippen LogP contribution in [-0.2, 0) is 9.59 Å². The second kappa shape index (κ2) is 5.84. The summed E-state index contributed by atoms with van der Waals surface area (Å²) in [4.78, 5) is 23.6. The molecule has 2 unspecified atom stereocenters. The molecule has 0 saturated carbocycles. The minimum absolute atomic E-state index is 0.0697. The Morgan fingerprint density at radius 1 is 1.44 bits per heavy atom. The van der Waals surface area contributed by atoms with E-state index < -0.39 is 5.97 Å². The lowest BCUT2D eigenvalue weighted by Gasteiger charge is -2.37. The van der Waals surface area contributed by atoms with E-state index in [1.54, 1.807) is 11.8 Å². The van der Waals surface area contributed by atoms with Gasteiger partial charge in [-0.15, -0.1) is 0 Å². The molecule has 0 bridgehead atoms. The normalized spacial score (nSPS) is 25.5. The number of amides is 1. The fraction of sp³-hybridized carbons (Fsp3) is 0.818. The Balaban J connectivity index is 2.50. The van der Waals surface area contributed by atoms with Gasteiger partial charge in [0.05, 0.1) is 0 Å². The monoisotopic (exact) mass is 228 g/mol. The van der Waals surface area contributed by atoms with Crippen molar-refractivity contribution in [2.45, 2.75) is 32.2 Å². The fourth-order valence-electron chi connectivity index (χ4n) is 2.21. The summed E-state index contributed by atoms with van der Waals surface area (Å²) >= 11 is 0. The Morgan fingerprint density at radius 2 is 2.12 bits per heavy atom. The molecule has 1 aliphatic rings. The van der Waals surface area contributed by atoms with Crippen LogP contribution in [0.5, 0.6) is 0 Å². The molecule has 5 nitrogen and oxygen atoms in total. The minimum atomic E-state index is -0.763. The number of nitrogens with zero attached hydrogens (tertiary/aromatic N) is 1. The van der Waals surface area contributed by atoms with E-state index in [0.29, 0.717) is 18.9 Å². The molecule has 0 aromatic carbocycles. The van der Waals surface area contributed by atoms with Gasteiger partial charge in [0, 0.05) is 32.5 Å². The van der Waals surface area contributed by atoms with E-state index in [0.717, 1.165) is 13.0 Å². The zero-order chi connectivity index (χ0) is 12.1. The number of carbonyl (C=O) groups excluding carboxylic acids is 1. The van der Waals surface area contributed by atoms with Gasteiger partial charge in [-0.3, -0.25) is 9.59 Å². The Labute approximate surface area is 95.8 Å². The molecule has 1 aliphatic heterocycles. The predicted molar refractivity (Wildman–Crippen MR) is 60.1 cm³/mol. The number of hydrogen-bond donors (Lipinski definition) is 2. The second-order valence-electron chi connectivity index (χ2n) is 4.44. The zero-order valence-corrected chi connectivity index (χ0v) is 9.90. The lowest BCUT2D eigenvalue weighted by Crippen LogP contribution is -2.49. The predicted octanol–water partition coefficient (Wildman–Crippen LogP) is 0.308. The van der Waals surface area contributed by atoms with Crippen LogP contribution in [0.15, 0.2) is 0 Å². The number of piperidine rings is 1. The molecular formula is C11H20N2O3. The van der Waals surface area contributed by atoms with Gasteiger partial charge in [0.1, 0.15) is 0 Å². The molecule has 0 aromatic rings. The first-order valence-corrected chi connectivity index (χ1v) is 5.67. The van der Waals surface area contributed by atoms with E-state index in [4.69, 9.17) is 5.11 Å². The lowest BCUT2D eigenvalue weighted by molar-refractivity contribution is -0.137. The zero-order valence-electron chi connectivity index (χ0n) is 9.90. The molecule has 0 aliphatic carbocycles. The fourth-order valence-corrected chi connectivity index (χ4v) is 2.21. The van der Waals surface area contributed by atoms with Gasteiger partial charge in [0.2, 0.25) is 5.91 Å². The van der Waals surface area contributed by atoms with Gasteiger partial charge in [-0.1, -0.05) is 0 Å². The molecule has 2 N–H and O–H groups in total. The maximum atomic E-state index is 11.3. The van der Waals surface area contributed by atoms with Gasteiger partial charge in [0.15, 0.2) is 0 Å². The van der Waals surface area contributed by atoms with Crippen molar-refractivity contribution in [3.8, 4) is 0 Å². The molecular weight excluding hydrogens is 208 g/mol. The average molecular weight is 228 g/mol. The van der Waals surface area contributed by atoms with E-state index in [1.807, 2.05) is 7.05 Å². The van der Waals surface area contributed by atoms with E-state index in [9.17, 15) is 9.59 Å². The molecule has 1 saturated heterocycles. The topological polar surface area (TPSA) is 69.6 Å². The molecule has 1 heterocycles. The molecule has 92 valence electrons. The maximum absolute atomic E-state index is 11.3. The summed E-state index contributed by atoms with van der Waals surface area (Å²) in [6, 6.07) is 0.288. The molecule has 0 radical (unpaired) electrons. The third-order valence-electron chi connectivity index (χ3n) is 3.16. The highest BCUT2D eigenvalue weighted by atomic mass is 16.4. The summed E-state index contributed by atoms with van der Waals surface area (Å²) in [5, 5.41) is 11.8. The number of carboxylic acid groups (broad SMARTS) is 1. The number of aliphatic carboxylic acids is 1. The first kappa shape index (κ1) is 13.0. The lowest BCUT2D eigenvalue weighted by atomic mass is 9.90. The highest BCUT2D eigenvalue weighted by Crippen LogP contribution is 2.21. The Hall–Kier alpha value is -1.10. The third kappa shape index (κ3) is 3.81. The van der Waals surface area contributed by atoms with Crippen molar-refractivity contribution in [3.63, 3.8) is 0 Å². The molecule has 16 heavy (non-hydrogen) atoms. The van der Waals surface area contributed by atoms with Gasteiger partial charge in [-0.05, 0) is 25.8 Å². The summed E-state index contributed by atoms with van der Waals surface area (Å²) in [5.41, 5.74) is 0. The van der Waals surface area contributed by atoms with Crippen molar-refractivity contribution < 1.29 is 14.7 Å². The molecule has 1 amide bonds. The summed E-state index contributed by atoms with van der Waals surface area (Å²) in [7, 11) is 1.88. The number of carboxylic acids is 1. The van der Waals surface area contributed by atoms with Crippen molar-refractivity contribution >= 4 is 11.9 Å². The van der Waals surface area contributed by atoms with Crippen molar-refractivity contribution in [2.24, 2.45) is 5.92 Å². The largest absolute Gasteiger partial charge is 0.481 e. The van der Waals surface area contributed by atoms with Crippen molar-refractivity contribution in [2.75, 3.05) is 20.1 Å². The van der Waals surface area contributed by atoms with E-state index in [2.05, 4.69) is 5.32 Å². The van der Waals surface area contributed by atoms with Crippen LogP contribution in [0, 0.1) is 5.92 Å². The van der Waals surface area contributed by atoms with Gasteiger partial charge in [-0.25, -0.2) is 0 Å². The maximum Gasteiger partial charge on any atom is 0.303 e. The number of likely N-dealkylation sites (N-methyl/N-ethyl adjacent to an activating group) is 1. The van der Waals surface area contributed by atoms with Gasteiger partial charge >= 0.3 is 5.97 Å². The van der Waals surface area contributed by atoms with Crippen LogP contribution in [0.2, 0.25) is 0 Å². The smallest absolute Gasteiger partial charge is 0.303 e. The average Bonchev–Trinajstić information content (AvgIpc) is 2.25. The SMILES string of the molecule is CNC1CC(CCC(=O)O)CN(C(C)=O)C1. The summed E-state index contributed by atoms with van der Waals surface area (Å²) < 4.78 is 0. The van der Waals surface area contributed by atoms with Crippen molar-refractivity contribution in [1.29, 1.82) is 0 Å². The van der Waals surface area contributed by atoms with Gasteiger partial charge < -0.3 is 15.3 Å². The number of carbonyl (C=O) groups is 2. The highest BCUT2D eigenvalue weighted by Gasteiger charge is 2.27. The molecule has 1 fully saturated rings. The number of likely N-dealkylation sites (tertiary alicyclic amines) is 1. The molecule has 5 heteroatoms. The number of nitrogens with one attached hydrogen (secondary N) is 1. The quantitative estimate of drug-likeness (QED) is 0.726. The van der Waals surface area contributed by atoms with Crippen LogP contribution in [-0.4, -0.2) is 48.1 Å². The summed E-state index contributed by atoms with van der Waals surface area (Å²) in [5.74, 6) is -0.396. The van der Waals surface area contributed by atoms with Crippen LogP contribution < -0.4 is 5.32 Å². The van der Waals surface area contributed by atoms with Crippen LogP contribution in [0.1, 0.15) is 26.2 Å². The highest BCUT2D eigenvalue weighted by molar-refractivity contribution is 5.73. The molecule has 2 atom stereocenters. The second-order valence-corrected chi connectivity index (χ2v) is 4.44. The molecule has 1 rings (SSSR count). The van der Waals surface area contributed by atoms with E-state index >= 15 is 0 Å². The Bertz CT molecular complexity index is 268. The first-order chi connectivity index (χ1) is 7.52. The van der Waals surface area contributed by atoms with E-state index in [1.165, 1.54) is 0 Å². The number of rotatable bonds is 4. The van der Waals surface area contributed by atoms with Crippen LogP contribution >= 0.6 is 0 Å². The van der Waals surface area contributed by atoms with E-state index in [-0.39, 0.29) is 18.4 Å². The van der Waals surface area contributed by atoms with Gasteiger partial charge in [0.25, 0.3) is 0 Å². The molecule has 0 spiro atoms. The first-order valence-electron chi connectivity index (χ1n) is 5.67. The van der Waals surface area contributed by atoms with Crippen LogP contribution in [0.3, 0.4) is 0 Å². The Kier molecular flexibility index (Phi) is 4.73.